The van der Waals surface area contributed by atoms with Crippen molar-refractivity contribution in [2.24, 2.45) is 5.92 Å². The van der Waals surface area contributed by atoms with E-state index in [9.17, 15) is 9.59 Å². The molecule has 1 aliphatic carbocycles. The van der Waals surface area contributed by atoms with Gasteiger partial charge in [-0.3, -0.25) is 4.79 Å². The molecule has 1 unspecified atom stereocenters. The SMILES string of the molecule is CC(=O)C1=C(C)NC(C)=C(C(=O)OCC2CC2)C1c1csc2ccc(Cl)cc12. The van der Waals surface area contributed by atoms with Gasteiger partial charge in [0.05, 0.1) is 12.2 Å². The number of carbonyl (C=O) groups is 2. The van der Waals surface area contributed by atoms with E-state index in [0.29, 0.717) is 28.7 Å². The summed E-state index contributed by atoms with van der Waals surface area (Å²) in [5.74, 6) is -0.395. The lowest BCUT2D eigenvalue weighted by Crippen LogP contribution is -2.31. The van der Waals surface area contributed by atoms with E-state index in [1.54, 1.807) is 18.3 Å². The van der Waals surface area contributed by atoms with Crippen molar-refractivity contribution in [1.29, 1.82) is 0 Å². The Balaban J connectivity index is 1.85. The van der Waals surface area contributed by atoms with Crippen LogP contribution in [0, 0.1) is 5.92 Å². The highest BCUT2D eigenvalue weighted by atomic mass is 35.5. The second-order valence-electron chi connectivity index (χ2n) is 7.56. The van der Waals surface area contributed by atoms with E-state index in [1.807, 2.05) is 37.4 Å². The van der Waals surface area contributed by atoms with Crippen molar-refractivity contribution in [3.8, 4) is 0 Å². The van der Waals surface area contributed by atoms with Gasteiger partial charge >= 0.3 is 5.97 Å². The van der Waals surface area contributed by atoms with Crippen LogP contribution in [0.15, 0.2) is 46.1 Å². The lowest BCUT2D eigenvalue weighted by atomic mass is 9.79. The molecular formula is C22H22ClNO3S. The van der Waals surface area contributed by atoms with E-state index in [1.165, 1.54) is 0 Å². The molecule has 1 aliphatic heterocycles. The monoisotopic (exact) mass is 415 g/mol. The molecule has 0 spiro atoms. The fraction of sp³-hybridized carbons (Fsp3) is 0.364. The maximum atomic E-state index is 13.0. The zero-order valence-corrected chi connectivity index (χ0v) is 17.7. The highest BCUT2D eigenvalue weighted by molar-refractivity contribution is 7.17. The molecule has 4 rings (SSSR count). The van der Waals surface area contributed by atoms with Gasteiger partial charge in [0.1, 0.15) is 0 Å². The van der Waals surface area contributed by atoms with E-state index in [2.05, 4.69) is 5.32 Å². The minimum absolute atomic E-state index is 0.0589. The van der Waals surface area contributed by atoms with E-state index < -0.39 is 5.92 Å². The standard InChI is InChI=1S/C22H22ClNO3S/c1-11-19(13(3)25)21(17-10-28-18-7-6-15(23)8-16(17)18)20(12(2)24-11)22(26)27-9-14-4-5-14/h6-8,10,14,21,24H,4-5,9H2,1-3H3. The number of benzene rings is 1. The summed E-state index contributed by atoms with van der Waals surface area (Å²) in [6.45, 7) is 5.73. The van der Waals surface area contributed by atoms with E-state index in [0.717, 1.165) is 39.9 Å². The average Bonchev–Trinajstić information content (AvgIpc) is 3.37. The number of ether oxygens (including phenoxy) is 1. The molecule has 1 fully saturated rings. The Morgan fingerprint density at radius 1 is 1.21 bits per heavy atom. The molecule has 28 heavy (non-hydrogen) atoms. The van der Waals surface area contributed by atoms with Gasteiger partial charge in [-0.1, -0.05) is 11.6 Å². The lowest BCUT2D eigenvalue weighted by molar-refractivity contribution is -0.139. The van der Waals surface area contributed by atoms with Crippen LogP contribution in [-0.2, 0) is 14.3 Å². The van der Waals surface area contributed by atoms with Crippen LogP contribution in [0.1, 0.15) is 45.1 Å². The Bertz CT molecular complexity index is 1050. The number of carbonyl (C=O) groups excluding carboxylic acids is 2. The van der Waals surface area contributed by atoms with Crippen LogP contribution in [0.4, 0.5) is 0 Å². The van der Waals surface area contributed by atoms with Crippen LogP contribution in [0.5, 0.6) is 0 Å². The molecule has 2 aliphatic rings. The summed E-state index contributed by atoms with van der Waals surface area (Å²) in [6, 6.07) is 5.73. The Morgan fingerprint density at radius 3 is 2.61 bits per heavy atom. The van der Waals surface area contributed by atoms with Crippen molar-refractivity contribution >= 4 is 44.8 Å². The van der Waals surface area contributed by atoms with Crippen LogP contribution in [-0.4, -0.2) is 18.4 Å². The first-order chi connectivity index (χ1) is 13.4. The lowest BCUT2D eigenvalue weighted by Gasteiger charge is -2.30. The topological polar surface area (TPSA) is 55.4 Å². The highest BCUT2D eigenvalue weighted by Crippen LogP contribution is 2.44. The molecule has 0 saturated heterocycles. The van der Waals surface area contributed by atoms with Crippen molar-refractivity contribution in [1.82, 2.24) is 5.32 Å². The summed E-state index contributed by atoms with van der Waals surface area (Å²) in [7, 11) is 0. The first kappa shape index (κ1) is 19.2. The van der Waals surface area contributed by atoms with Gasteiger partial charge in [-0.2, -0.15) is 0 Å². The minimum atomic E-state index is -0.460. The van der Waals surface area contributed by atoms with Crippen LogP contribution in [0.25, 0.3) is 10.1 Å². The number of nitrogens with one attached hydrogen (secondary N) is 1. The second kappa shape index (κ2) is 7.37. The maximum Gasteiger partial charge on any atom is 0.336 e. The Morgan fingerprint density at radius 2 is 1.93 bits per heavy atom. The van der Waals surface area contributed by atoms with Crippen LogP contribution in [0.3, 0.4) is 0 Å². The molecular weight excluding hydrogens is 394 g/mol. The number of thiophene rings is 1. The van der Waals surface area contributed by atoms with E-state index in [4.69, 9.17) is 16.3 Å². The Labute approximate surface area is 173 Å². The number of allylic oxidation sites excluding steroid dienone is 3. The normalized spacial score (nSPS) is 19.8. The number of esters is 1. The van der Waals surface area contributed by atoms with Gasteiger partial charge in [-0.15, -0.1) is 11.3 Å². The van der Waals surface area contributed by atoms with Crippen molar-refractivity contribution in [3.63, 3.8) is 0 Å². The van der Waals surface area contributed by atoms with Gasteiger partial charge in [0, 0.05) is 32.6 Å². The van der Waals surface area contributed by atoms with Gasteiger partial charge in [0.15, 0.2) is 5.78 Å². The first-order valence-electron chi connectivity index (χ1n) is 9.40. The van der Waals surface area contributed by atoms with Crippen molar-refractivity contribution in [3.05, 3.63) is 56.7 Å². The predicted octanol–water partition coefficient (Wildman–Crippen LogP) is 5.33. The summed E-state index contributed by atoms with van der Waals surface area (Å²) in [6.07, 6.45) is 2.22. The number of hydrogen-bond donors (Lipinski definition) is 1. The van der Waals surface area contributed by atoms with Crippen molar-refractivity contribution in [2.75, 3.05) is 6.61 Å². The summed E-state index contributed by atoms with van der Waals surface area (Å²) in [4.78, 5) is 25.6. The number of rotatable bonds is 5. The molecule has 1 N–H and O–H groups in total. The van der Waals surface area contributed by atoms with Crippen LogP contribution >= 0.6 is 22.9 Å². The molecule has 1 saturated carbocycles. The minimum Gasteiger partial charge on any atom is -0.462 e. The van der Waals surface area contributed by atoms with Crippen LogP contribution in [0.2, 0.25) is 5.02 Å². The molecule has 6 heteroatoms. The third-order valence-electron chi connectivity index (χ3n) is 5.38. The van der Waals surface area contributed by atoms with Crippen molar-refractivity contribution in [2.45, 2.75) is 39.5 Å². The largest absolute Gasteiger partial charge is 0.462 e. The molecule has 146 valence electrons. The smallest absolute Gasteiger partial charge is 0.336 e. The fourth-order valence-electron chi connectivity index (χ4n) is 3.84. The third-order valence-corrected chi connectivity index (χ3v) is 6.60. The third kappa shape index (κ3) is 3.49. The highest BCUT2D eigenvalue weighted by Gasteiger charge is 2.37. The molecule has 1 atom stereocenters. The molecule has 2 heterocycles. The van der Waals surface area contributed by atoms with Gasteiger partial charge in [0.25, 0.3) is 0 Å². The molecule has 0 bridgehead atoms. The fourth-order valence-corrected chi connectivity index (χ4v) is 4.98. The molecule has 4 nitrogen and oxygen atoms in total. The number of hydrogen-bond acceptors (Lipinski definition) is 5. The molecule has 0 radical (unpaired) electrons. The quantitative estimate of drug-likeness (QED) is 0.670. The summed E-state index contributed by atoms with van der Waals surface area (Å²) >= 11 is 7.83. The molecule has 0 amide bonds. The van der Waals surface area contributed by atoms with Gasteiger partial charge in [-0.25, -0.2) is 4.79 Å². The zero-order valence-electron chi connectivity index (χ0n) is 16.1. The Kier molecular flexibility index (Phi) is 5.06. The van der Waals surface area contributed by atoms with E-state index in [-0.39, 0.29) is 11.8 Å². The number of ketones is 1. The van der Waals surface area contributed by atoms with Crippen molar-refractivity contribution < 1.29 is 14.3 Å². The summed E-state index contributed by atoms with van der Waals surface area (Å²) in [5.41, 5.74) is 3.54. The van der Waals surface area contributed by atoms with Crippen LogP contribution < -0.4 is 5.32 Å². The predicted molar refractivity (Wildman–Crippen MR) is 112 cm³/mol. The zero-order chi connectivity index (χ0) is 20.0. The molecule has 2 aromatic rings. The first-order valence-corrected chi connectivity index (χ1v) is 10.7. The summed E-state index contributed by atoms with van der Waals surface area (Å²) in [5, 5.41) is 6.83. The number of halogens is 1. The molecule has 1 aromatic carbocycles. The summed E-state index contributed by atoms with van der Waals surface area (Å²) < 4.78 is 6.68. The van der Waals surface area contributed by atoms with E-state index >= 15 is 0 Å². The number of Topliss-reactive ketones (excluding diaryl/α,β-unsaturated/α-hetero) is 1. The average molecular weight is 416 g/mol. The number of fused-ring (bicyclic) bond motifs is 1. The number of dihydropyridines is 1. The van der Waals surface area contributed by atoms with Gasteiger partial charge < -0.3 is 10.1 Å². The second-order valence-corrected chi connectivity index (χ2v) is 8.91. The molecule has 1 aromatic heterocycles. The maximum absolute atomic E-state index is 13.0. The Hall–Kier alpha value is -2.11. The van der Waals surface area contributed by atoms with Gasteiger partial charge in [0.2, 0.25) is 0 Å². The van der Waals surface area contributed by atoms with Gasteiger partial charge in [-0.05, 0) is 74.1 Å².